The van der Waals surface area contributed by atoms with Gasteiger partial charge in [0.05, 0.1) is 11.6 Å². The quantitative estimate of drug-likeness (QED) is 0.691. The number of rotatable bonds is 3. The highest BCUT2D eigenvalue weighted by Gasteiger charge is 2.53. The van der Waals surface area contributed by atoms with Gasteiger partial charge in [0.1, 0.15) is 6.33 Å². The molecule has 1 atom stereocenters. The maximum Gasteiger partial charge on any atom is 0.257 e. The van der Waals surface area contributed by atoms with Gasteiger partial charge in [-0.2, -0.15) is 4.98 Å². The van der Waals surface area contributed by atoms with Crippen molar-refractivity contribution in [3.05, 3.63) is 60.5 Å². The van der Waals surface area contributed by atoms with Crippen molar-refractivity contribution < 1.29 is 9.32 Å². The molecule has 1 aromatic carbocycles. The van der Waals surface area contributed by atoms with Crippen LogP contribution in [0.5, 0.6) is 0 Å². The molecule has 2 aromatic heterocycles. The molecule has 0 bridgehead atoms. The van der Waals surface area contributed by atoms with E-state index in [2.05, 4.69) is 32.1 Å². The summed E-state index contributed by atoms with van der Waals surface area (Å²) >= 11 is 0. The molecule has 0 N–H and O–H groups in total. The molecule has 0 saturated carbocycles. The van der Waals surface area contributed by atoms with Crippen LogP contribution in [0.4, 0.5) is 0 Å². The number of benzene rings is 1. The zero-order chi connectivity index (χ0) is 19.1. The van der Waals surface area contributed by atoms with Crippen molar-refractivity contribution in [2.24, 2.45) is 5.41 Å². The molecule has 8 nitrogen and oxygen atoms in total. The molecule has 142 valence electrons. The highest BCUT2D eigenvalue weighted by molar-refractivity contribution is 5.94. The van der Waals surface area contributed by atoms with Gasteiger partial charge in [0.25, 0.3) is 5.91 Å². The van der Waals surface area contributed by atoms with Crippen molar-refractivity contribution in [3.8, 4) is 11.4 Å². The van der Waals surface area contributed by atoms with Crippen LogP contribution in [0, 0.1) is 5.41 Å². The van der Waals surface area contributed by atoms with Crippen molar-refractivity contribution >= 4 is 5.91 Å². The molecule has 0 aliphatic carbocycles. The first-order valence-corrected chi connectivity index (χ1v) is 9.27. The minimum absolute atomic E-state index is 0.0125. The van der Waals surface area contributed by atoms with Crippen LogP contribution in [-0.2, 0) is 0 Å². The number of hydrogen-bond acceptors (Lipinski definition) is 7. The molecule has 5 rings (SSSR count). The lowest BCUT2D eigenvalue weighted by molar-refractivity contribution is 0.0114. The van der Waals surface area contributed by atoms with Crippen LogP contribution in [0.15, 0.2) is 53.6 Å². The highest BCUT2D eigenvalue weighted by atomic mass is 16.5. The van der Waals surface area contributed by atoms with E-state index >= 15 is 0 Å². The summed E-state index contributed by atoms with van der Waals surface area (Å²) in [6.07, 6.45) is 5.45. The molecule has 28 heavy (non-hydrogen) atoms. The van der Waals surface area contributed by atoms with E-state index in [0.717, 1.165) is 31.6 Å². The fraction of sp³-hybridized carbons (Fsp3) is 0.350. The van der Waals surface area contributed by atoms with Gasteiger partial charge < -0.3 is 9.42 Å². The third-order valence-corrected chi connectivity index (χ3v) is 5.65. The Labute approximate surface area is 162 Å². The number of carbonyl (C=O) groups is 1. The van der Waals surface area contributed by atoms with E-state index in [4.69, 9.17) is 4.52 Å². The van der Waals surface area contributed by atoms with Gasteiger partial charge in [-0.05, 0) is 13.5 Å². The molecule has 1 amide bonds. The first-order chi connectivity index (χ1) is 13.6. The molecule has 1 spiro atoms. The van der Waals surface area contributed by atoms with Gasteiger partial charge >= 0.3 is 0 Å². The third-order valence-electron chi connectivity index (χ3n) is 5.65. The Morgan fingerprint density at radius 3 is 2.64 bits per heavy atom. The molecule has 0 radical (unpaired) electrons. The Bertz CT molecular complexity index is 984. The van der Waals surface area contributed by atoms with E-state index in [1.54, 1.807) is 12.4 Å². The molecular weight excluding hydrogens is 356 g/mol. The summed E-state index contributed by atoms with van der Waals surface area (Å²) in [4.78, 5) is 29.1. The number of nitrogens with zero attached hydrogens (tertiary/aromatic N) is 6. The maximum absolute atomic E-state index is 12.6. The van der Waals surface area contributed by atoms with Crippen LogP contribution in [0.1, 0.15) is 28.7 Å². The molecule has 1 unspecified atom stereocenters. The van der Waals surface area contributed by atoms with Crippen molar-refractivity contribution in [2.45, 2.75) is 12.5 Å². The van der Waals surface area contributed by atoms with Gasteiger partial charge in [-0.25, -0.2) is 9.97 Å². The van der Waals surface area contributed by atoms with Crippen LogP contribution in [0.3, 0.4) is 0 Å². The predicted molar refractivity (Wildman–Crippen MR) is 100 cm³/mol. The van der Waals surface area contributed by atoms with E-state index in [1.807, 2.05) is 35.2 Å². The summed E-state index contributed by atoms with van der Waals surface area (Å²) < 4.78 is 5.58. The van der Waals surface area contributed by atoms with Gasteiger partial charge in [-0.15, -0.1) is 0 Å². The van der Waals surface area contributed by atoms with E-state index in [-0.39, 0.29) is 17.4 Å². The largest absolute Gasteiger partial charge is 0.337 e. The number of likely N-dealkylation sites (tertiary alicyclic amines) is 2. The minimum atomic E-state index is -0.0125. The second-order valence-electron chi connectivity index (χ2n) is 7.75. The standard InChI is InChI=1S/C20H20N6O2/c1-25-10-20(11-26(12-20)19(27)15-8-21-13-22-9-15)7-16(25)18-23-17(24-28-18)14-5-3-2-4-6-14/h2-6,8-9,13,16H,7,10-12H2,1H3. The number of hydrogen-bond donors (Lipinski definition) is 0. The first kappa shape index (κ1) is 17.0. The second-order valence-corrected chi connectivity index (χ2v) is 7.75. The van der Waals surface area contributed by atoms with Crippen LogP contribution >= 0.6 is 0 Å². The van der Waals surface area contributed by atoms with Gasteiger partial charge in [-0.3, -0.25) is 9.69 Å². The SMILES string of the molecule is CN1CC2(CC1c1nc(-c3ccccc3)no1)CN(C(=O)c1cncnc1)C2. The molecule has 2 aliphatic heterocycles. The van der Waals surface area contributed by atoms with Crippen LogP contribution < -0.4 is 0 Å². The summed E-state index contributed by atoms with van der Waals surface area (Å²) in [5, 5.41) is 4.15. The molecule has 4 heterocycles. The Morgan fingerprint density at radius 1 is 1.14 bits per heavy atom. The lowest BCUT2D eigenvalue weighted by atomic mass is 9.77. The van der Waals surface area contributed by atoms with E-state index < -0.39 is 0 Å². The van der Waals surface area contributed by atoms with E-state index in [1.165, 1.54) is 6.33 Å². The van der Waals surface area contributed by atoms with Crippen LogP contribution in [0.2, 0.25) is 0 Å². The Kier molecular flexibility index (Phi) is 3.94. The summed E-state index contributed by atoms with van der Waals surface area (Å²) in [7, 11) is 2.07. The third kappa shape index (κ3) is 2.86. The fourth-order valence-electron chi connectivity index (χ4n) is 4.35. The second kappa shape index (κ2) is 6.49. The Hall–Kier alpha value is -3.13. The van der Waals surface area contributed by atoms with Crippen LogP contribution in [-0.4, -0.2) is 62.5 Å². The van der Waals surface area contributed by atoms with Gasteiger partial charge in [0.15, 0.2) is 0 Å². The molecule has 2 fully saturated rings. The zero-order valence-corrected chi connectivity index (χ0v) is 15.5. The average molecular weight is 376 g/mol. The highest BCUT2D eigenvalue weighted by Crippen LogP contribution is 2.47. The van der Waals surface area contributed by atoms with Crippen molar-refractivity contribution in [1.29, 1.82) is 0 Å². The average Bonchev–Trinajstić information content (AvgIpc) is 3.32. The Balaban J connectivity index is 1.28. The number of aromatic nitrogens is 4. The van der Waals surface area contributed by atoms with E-state index in [9.17, 15) is 4.79 Å². The monoisotopic (exact) mass is 376 g/mol. The smallest absolute Gasteiger partial charge is 0.257 e. The maximum atomic E-state index is 12.6. The number of carbonyl (C=O) groups excluding carboxylic acids is 1. The molecule has 2 saturated heterocycles. The normalized spacial score (nSPS) is 21.0. The molecule has 3 aromatic rings. The fourth-order valence-corrected chi connectivity index (χ4v) is 4.35. The Morgan fingerprint density at radius 2 is 1.89 bits per heavy atom. The van der Waals surface area contributed by atoms with E-state index in [0.29, 0.717) is 17.3 Å². The molecular formula is C20H20N6O2. The first-order valence-electron chi connectivity index (χ1n) is 9.27. The summed E-state index contributed by atoms with van der Waals surface area (Å²) in [6.45, 7) is 2.35. The zero-order valence-electron chi connectivity index (χ0n) is 15.5. The lowest BCUT2D eigenvalue weighted by Gasteiger charge is -2.48. The van der Waals surface area contributed by atoms with Crippen molar-refractivity contribution in [3.63, 3.8) is 0 Å². The molecule has 8 heteroatoms. The van der Waals surface area contributed by atoms with Crippen molar-refractivity contribution in [1.82, 2.24) is 29.9 Å². The minimum Gasteiger partial charge on any atom is -0.337 e. The lowest BCUT2D eigenvalue weighted by Crippen LogP contribution is -2.59. The summed E-state index contributed by atoms with van der Waals surface area (Å²) in [5.41, 5.74) is 1.55. The predicted octanol–water partition coefficient (Wildman–Crippen LogP) is 2.05. The number of amides is 1. The van der Waals surface area contributed by atoms with Crippen LogP contribution in [0.25, 0.3) is 11.4 Å². The van der Waals surface area contributed by atoms with Gasteiger partial charge in [0, 0.05) is 43.0 Å². The van der Waals surface area contributed by atoms with Gasteiger partial charge in [0.2, 0.25) is 11.7 Å². The van der Waals surface area contributed by atoms with Crippen molar-refractivity contribution in [2.75, 3.05) is 26.7 Å². The molecule has 2 aliphatic rings. The topological polar surface area (TPSA) is 88.3 Å². The van der Waals surface area contributed by atoms with Gasteiger partial charge in [-0.1, -0.05) is 35.5 Å². The summed E-state index contributed by atoms with van der Waals surface area (Å²) in [6, 6.07) is 9.89. The summed E-state index contributed by atoms with van der Waals surface area (Å²) in [5.74, 6) is 1.24.